The lowest BCUT2D eigenvalue weighted by molar-refractivity contribution is -0.142. The molecule has 24 heteroatoms. The Morgan fingerprint density at radius 2 is 1.61 bits per heavy atom. The van der Waals surface area contributed by atoms with Gasteiger partial charge in [0.1, 0.15) is 42.0 Å². The molecule has 18 N–H and O–H groups in total. The van der Waals surface area contributed by atoms with Crippen LogP contribution in [0.2, 0.25) is 0 Å². The Labute approximate surface area is 404 Å². The second-order valence-electron chi connectivity index (χ2n) is 17.4. The number of fused-ring (bicyclic) bond motifs is 7. The zero-order chi connectivity index (χ0) is 51.1. The molecular formula is C47H56N12O12. The molecule has 376 valence electrons. The number of nitrogens with two attached hydrogens (primary N) is 3. The molecule has 5 heterocycles. The van der Waals surface area contributed by atoms with Crippen molar-refractivity contribution in [3.63, 3.8) is 0 Å². The molecule has 0 fully saturated rings. The summed E-state index contributed by atoms with van der Waals surface area (Å²) in [5.41, 5.74) is 20.4. The van der Waals surface area contributed by atoms with Gasteiger partial charge in [0.25, 0.3) is 0 Å². The van der Waals surface area contributed by atoms with Crippen molar-refractivity contribution in [1.82, 2.24) is 41.9 Å². The van der Waals surface area contributed by atoms with E-state index in [0.29, 0.717) is 44.1 Å². The van der Waals surface area contributed by atoms with Crippen LogP contribution < -0.4 is 53.8 Å². The molecule has 5 aromatic rings. The molecule has 0 radical (unpaired) electrons. The molecule has 6 amide bonds. The molecule has 0 aliphatic carbocycles. The van der Waals surface area contributed by atoms with Gasteiger partial charge in [-0.15, -0.1) is 0 Å². The zero-order valence-electron chi connectivity index (χ0n) is 38.3. The van der Waals surface area contributed by atoms with Crippen molar-refractivity contribution in [2.75, 3.05) is 19.8 Å². The third kappa shape index (κ3) is 11.5. The smallest absolute Gasteiger partial charge is 0.326 e. The van der Waals surface area contributed by atoms with E-state index in [0.717, 1.165) is 0 Å². The molecule has 3 aliphatic heterocycles. The van der Waals surface area contributed by atoms with Gasteiger partial charge in [-0.05, 0) is 48.6 Å². The number of aliphatic hydroxyl groups excluding tert-OH is 3. The van der Waals surface area contributed by atoms with Gasteiger partial charge < -0.3 is 84.2 Å². The largest absolute Gasteiger partial charge is 0.481 e. The first-order chi connectivity index (χ1) is 34.0. The van der Waals surface area contributed by atoms with E-state index >= 15 is 0 Å². The van der Waals surface area contributed by atoms with E-state index in [1.54, 1.807) is 72.9 Å². The Hall–Kier alpha value is -8.06. The summed E-state index contributed by atoms with van der Waals surface area (Å²) in [4.78, 5) is 108. The molecule has 10 atom stereocenters. The van der Waals surface area contributed by atoms with Crippen LogP contribution in [0.4, 0.5) is 0 Å². The molecule has 3 aromatic carbocycles. The lowest BCUT2D eigenvalue weighted by atomic mass is 9.86. The summed E-state index contributed by atoms with van der Waals surface area (Å²) in [5, 5.41) is 57.9. The summed E-state index contributed by atoms with van der Waals surface area (Å²) < 4.78 is 6.74. The summed E-state index contributed by atoms with van der Waals surface area (Å²) in [6.45, 7) is -0.864. The van der Waals surface area contributed by atoms with Crippen LogP contribution in [0.5, 0.6) is 5.75 Å². The quantitative estimate of drug-likeness (QED) is 0.0413. The number of H-pyrrole nitrogens is 2. The van der Waals surface area contributed by atoms with E-state index in [1.807, 2.05) is 0 Å². The predicted octanol–water partition coefficient (Wildman–Crippen LogP) is -2.99. The number of benzene rings is 3. The van der Waals surface area contributed by atoms with E-state index in [-0.39, 0.29) is 37.5 Å². The monoisotopic (exact) mass is 980 g/mol. The third-order valence-corrected chi connectivity index (χ3v) is 12.5. The van der Waals surface area contributed by atoms with Gasteiger partial charge in [0.2, 0.25) is 35.4 Å². The summed E-state index contributed by atoms with van der Waals surface area (Å²) in [7, 11) is 0. The van der Waals surface area contributed by atoms with Gasteiger partial charge in [-0.25, -0.2) is 4.79 Å². The number of hydrogen-bond donors (Lipinski definition) is 15. The van der Waals surface area contributed by atoms with Crippen molar-refractivity contribution in [2.24, 2.45) is 22.2 Å². The normalized spacial score (nSPS) is 23.1. The lowest BCUT2D eigenvalue weighted by Gasteiger charge is -2.33. The molecule has 0 spiro atoms. The van der Waals surface area contributed by atoms with Crippen LogP contribution >= 0.6 is 0 Å². The van der Waals surface area contributed by atoms with E-state index in [1.165, 1.54) is 13.1 Å². The zero-order valence-corrected chi connectivity index (χ0v) is 38.3. The lowest BCUT2D eigenvalue weighted by Crippen LogP contribution is -2.63. The average Bonchev–Trinajstić information content (AvgIpc) is 3.96. The fourth-order valence-corrected chi connectivity index (χ4v) is 8.74. The van der Waals surface area contributed by atoms with E-state index in [9.17, 15) is 54.0 Å². The maximum absolute atomic E-state index is 14.9. The number of para-hydroxylation sites is 1. The number of nitrogens with one attached hydrogen (secondary N) is 8. The number of amides is 6. The molecule has 8 bridgehead atoms. The van der Waals surface area contributed by atoms with Crippen LogP contribution in [0.15, 0.2) is 84.1 Å². The fraction of sp³-hybridized carbons (Fsp3) is 0.362. The number of guanidine groups is 1. The number of carbonyl (C=O) groups excluding carboxylic acids is 6. The van der Waals surface area contributed by atoms with Gasteiger partial charge in [0.05, 0.1) is 30.9 Å². The minimum atomic E-state index is -1.89. The number of aromatic nitrogens is 2. The Bertz CT molecular complexity index is 2830. The van der Waals surface area contributed by atoms with Crippen molar-refractivity contribution in [1.29, 1.82) is 0 Å². The molecule has 24 nitrogen and oxygen atoms in total. The maximum Gasteiger partial charge on any atom is 0.326 e. The molecule has 0 saturated heterocycles. The molecule has 71 heavy (non-hydrogen) atoms. The van der Waals surface area contributed by atoms with Crippen molar-refractivity contribution in [3.05, 3.63) is 101 Å². The molecule has 3 aliphatic rings. The Morgan fingerprint density at radius 3 is 2.30 bits per heavy atom. The molecule has 2 aromatic heterocycles. The van der Waals surface area contributed by atoms with Gasteiger partial charge >= 0.3 is 5.97 Å². The SMILES string of the molecule is CC(O)[C@@H]1NC(=O)[C@H]2NC(=O)[C@H](CO)NC(=O)[C@@H](N)Cc3c[nH]c4c(cccc34)O[C@@H]2c2c[nH]c3cc(ccc23)[C@H](CCN=C(N)N)[C@@H](C(=O)N[C@@H](CO)C(=O)N[C@@H](Cc2ccccc2)C(=O)O)NC1=O. The van der Waals surface area contributed by atoms with Crippen molar-refractivity contribution < 1.29 is 58.7 Å². The number of aliphatic hydroxyl groups is 3. The fourth-order valence-electron chi connectivity index (χ4n) is 8.74. The van der Waals surface area contributed by atoms with Crippen molar-refractivity contribution in [3.8, 4) is 5.75 Å². The average molecular weight is 981 g/mol. The van der Waals surface area contributed by atoms with Crippen molar-refractivity contribution in [2.45, 2.75) is 86.6 Å². The van der Waals surface area contributed by atoms with Gasteiger partial charge in [-0.2, -0.15) is 0 Å². The number of aliphatic imine (C=N–C) groups is 1. The van der Waals surface area contributed by atoms with Crippen LogP contribution in [-0.2, 0) is 46.4 Å². The number of carbonyl (C=O) groups is 7. The van der Waals surface area contributed by atoms with E-state index in [4.69, 9.17) is 21.9 Å². The van der Waals surface area contributed by atoms with Crippen LogP contribution in [0.3, 0.4) is 0 Å². The highest BCUT2D eigenvalue weighted by Crippen LogP contribution is 2.37. The number of carboxylic acid groups (broad SMARTS) is 1. The number of nitrogens with zero attached hydrogens (tertiary/aromatic N) is 1. The maximum atomic E-state index is 14.9. The first-order valence-electron chi connectivity index (χ1n) is 22.6. The standard InChI is InChI=1S/C47H56N12O12/c1-21(62)35-43(66)58-37(44(67)56-32(19-60)41(64)54-31(46(69)70)14-22-6-3-2-4-7-22)26(12-13-51-47(49)50)23-10-11-27-28(18-52-30(27)16-23)39-38(45(68)57-35)59-42(65)33(20-61)55-40(63)29(48)15-24-17-53-36-25(24)8-5-9-34(36)71-39/h2-11,16-18,21,26,29,31-33,35,37-39,52-53,60-62H,12-15,19-20,48H2,1H3,(H,54,64)(H,55,63)(H,56,67)(H,57,68)(H,58,66)(H,59,65)(H,69,70)(H4,49,50,51)/t21?,26-,29-,31-,32-,33-,35-,37-,38-,39+/m0/s1. The van der Waals surface area contributed by atoms with Gasteiger partial charge in [-0.1, -0.05) is 54.6 Å². The first kappa shape index (κ1) is 50.8. The number of carboxylic acids is 1. The molecule has 0 saturated carbocycles. The third-order valence-electron chi connectivity index (χ3n) is 12.5. The minimum absolute atomic E-state index is 0.0340. The van der Waals surface area contributed by atoms with Gasteiger partial charge in [-0.3, -0.25) is 33.8 Å². The summed E-state index contributed by atoms with van der Waals surface area (Å²) in [6, 6.07) is 6.99. The number of ether oxygens (including phenoxy) is 1. The number of hydrogen-bond acceptors (Lipinski definition) is 13. The number of aromatic amines is 2. The summed E-state index contributed by atoms with van der Waals surface area (Å²) in [6.07, 6.45) is -0.138. The second-order valence-corrected chi connectivity index (χ2v) is 17.4. The molecular weight excluding hydrogens is 925 g/mol. The van der Waals surface area contributed by atoms with Crippen LogP contribution in [0.1, 0.15) is 47.6 Å². The van der Waals surface area contributed by atoms with E-state index < -0.39 is 115 Å². The Kier molecular flexibility index (Phi) is 15.8. The summed E-state index contributed by atoms with van der Waals surface area (Å²) in [5.74, 6) is -8.73. The molecule has 1 unspecified atom stereocenters. The highest BCUT2D eigenvalue weighted by Gasteiger charge is 2.42. The van der Waals surface area contributed by atoms with Crippen LogP contribution in [-0.4, -0.2) is 146 Å². The van der Waals surface area contributed by atoms with Gasteiger partial charge in [0, 0.05) is 53.1 Å². The Morgan fingerprint density at radius 1 is 0.845 bits per heavy atom. The van der Waals surface area contributed by atoms with Crippen molar-refractivity contribution >= 4 is 69.2 Å². The predicted molar refractivity (Wildman–Crippen MR) is 255 cm³/mol. The number of rotatable bonds is 13. The van der Waals surface area contributed by atoms with Gasteiger partial charge in [0.15, 0.2) is 12.1 Å². The minimum Gasteiger partial charge on any atom is -0.481 e. The first-order valence-corrected chi connectivity index (χ1v) is 22.6. The topological polar surface area (TPSA) is 404 Å². The van der Waals surface area contributed by atoms with Crippen LogP contribution in [0, 0.1) is 0 Å². The van der Waals surface area contributed by atoms with E-state index in [2.05, 4.69) is 46.9 Å². The van der Waals surface area contributed by atoms with Crippen LogP contribution in [0.25, 0.3) is 21.8 Å². The summed E-state index contributed by atoms with van der Waals surface area (Å²) >= 11 is 0. The molecule has 8 rings (SSSR count). The highest BCUT2D eigenvalue weighted by atomic mass is 16.5. The second kappa shape index (κ2) is 22.1. The number of aliphatic carboxylic acids is 1. The highest BCUT2D eigenvalue weighted by molar-refractivity contribution is 5.99. The Balaban J connectivity index is 1.34.